The molecule has 0 amide bonds. The monoisotopic (exact) mass is 263 g/mol. The Balaban J connectivity index is 2.12. The van der Waals surface area contributed by atoms with Gasteiger partial charge in [-0.2, -0.15) is 0 Å². The van der Waals surface area contributed by atoms with E-state index in [9.17, 15) is 0 Å². The van der Waals surface area contributed by atoms with Crippen molar-refractivity contribution in [2.45, 2.75) is 25.7 Å². The van der Waals surface area contributed by atoms with Gasteiger partial charge in [0.05, 0.1) is 0 Å². The molecule has 0 aliphatic rings. The van der Waals surface area contributed by atoms with E-state index in [1.54, 1.807) is 0 Å². The summed E-state index contributed by atoms with van der Waals surface area (Å²) in [5, 5.41) is 9.60. The number of aromatic nitrogens is 1. The van der Waals surface area contributed by atoms with Crippen LogP contribution in [0.2, 0.25) is 5.02 Å². The molecule has 0 aliphatic heterocycles. The van der Waals surface area contributed by atoms with Crippen LogP contribution in [0.4, 0.5) is 0 Å². The normalized spacial score (nSPS) is 12.6. The Morgan fingerprint density at radius 3 is 2.61 bits per heavy atom. The van der Waals surface area contributed by atoms with Crippen LogP contribution in [-0.4, -0.2) is 16.7 Å². The van der Waals surface area contributed by atoms with Gasteiger partial charge < -0.3 is 10.1 Å². The molecular formula is C15H18ClNO. The molecule has 2 aromatic rings. The largest absolute Gasteiger partial charge is 0.396 e. The number of hydrogen-bond donors (Lipinski definition) is 2. The molecule has 0 saturated heterocycles. The van der Waals surface area contributed by atoms with Gasteiger partial charge in [0.1, 0.15) is 0 Å². The third kappa shape index (κ3) is 3.15. The number of aliphatic hydroxyl groups excluding tert-OH is 1. The third-order valence-corrected chi connectivity index (χ3v) is 3.46. The maximum absolute atomic E-state index is 8.85. The van der Waals surface area contributed by atoms with Gasteiger partial charge in [-0.15, -0.1) is 0 Å². The minimum absolute atomic E-state index is 0.259. The number of H-pyrrole nitrogens is 1. The number of halogens is 1. The smallest absolute Gasteiger partial charge is 0.0431 e. The molecule has 0 saturated carbocycles. The average Bonchev–Trinajstić information content (AvgIpc) is 2.86. The zero-order chi connectivity index (χ0) is 13.0. The molecule has 1 unspecified atom stereocenters. The van der Waals surface area contributed by atoms with E-state index < -0.39 is 0 Å². The van der Waals surface area contributed by atoms with Crippen molar-refractivity contribution in [3.05, 3.63) is 47.2 Å². The summed E-state index contributed by atoms with van der Waals surface area (Å²) >= 11 is 5.88. The van der Waals surface area contributed by atoms with Crippen LogP contribution in [0.25, 0.3) is 11.1 Å². The number of aliphatic hydroxyl groups is 1. The van der Waals surface area contributed by atoms with Crippen LogP contribution < -0.4 is 0 Å². The average molecular weight is 264 g/mol. The first-order chi connectivity index (χ1) is 8.70. The molecule has 0 spiro atoms. The highest BCUT2D eigenvalue weighted by molar-refractivity contribution is 6.30. The van der Waals surface area contributed by atoms with E-state index in [2.05, 4.69) is 18.0 Å². The summed E-state index contributed by atoms with van der Waals surface area (Å²) in [6.07, 6.45) is 3.86. The second-order valence-corrected chi connectivity index (χ2v) is 5.05. The number of aromatic amines is 1. The van der Waals surface area contributed by atoms with Gasteiger partial charge in [0.25, 0.3) is 0 Å². The van der Waals surface area contributed by atoms with Crippen LogP contribution in [-0.2, 0) is 0 Å². The fourth-order valence-electron chi connectivity index (χ4n) is 2.06. The molecule has 0 fully saturated rings. The van der Waals surface area contributed by atoms with E-state index in [4.69, 9.17) is 16.7 Å². The highest BCUT2D eigenvalue weighted by Crippen LogP contribution is 2.26. The van der Waals surface area contributed by atoms with Crippen LogP contribution >= 0.6 is 11.6 Å². The highest BCUT2D eigenvalue weighted by atomic mass is 35.5. The molecule has 1 heterocycles. The van der Waals surface area contributed by atoms with Crippen molar-refractivity contribution < 1.29 is 5.11 Å². The van der Waals surface area contributed by atoms with Crippen molar-refractivity contribution in [3.63, 3.8) is 0 Å². The Morgan fingerprint density at radius 1 is 1.22 bits per heavy atom. The second-order valence-electron chi connectivity index (χ2n) is 4.62. The molecule has 2 nitrogen and oxygen atoms in total. The van der Waals surface area contributed by atoms with E-state index in [1.165, 1.54) is 11.3 Å². The van der Waals surface area contributed by atoms with Crippen LogP contribution in [0.1, 0.15) is 31.4 Å². The standard InChI is InChI=1S/C15H18ClNO/c1-11(3-2-8-18)15-9-13(10-17-15)12-4-6-14(16)7-5-12/h4-7,9-11,17-18H,2-3,8H2,1H3. The fourth-order valence-corrected chi connectivity index (χ4v) is 2.18. The van der Waals surface area contributed by atoms with Gasteiger partial charge in [-0.3, -0.25) is 0 Å². The molecule has 0 radical (unpaired) electrons. The number of benzene rings is 1. The Kier molecular flexibility index (Phi) is 4.45. The third-order valence-electron chi connectivity index (χ3n) is 3.21. The van der Waals surface area contributed by atoms with E-state index in [0.29, 0.717) is 5.92 Å². The first-order valence-electron chi connectivity index (χ1n) is 6.26. The number of nitrogens with one attached hydrogen (secondary N) is 1. The topological polar surface area (TPSA) is 36.0 Å². The van der Waals surface area contributed by atoms with Gasteiger partial charge in [0.2, 0.25) is 0 Å². The Labute approximate surface area is 113 Å². The predicted molar refractivity (Wildman–Crippen MR) is 76.0 cm³/mol. The molecule has 0 aliphatic carbocycles. The number of hydrogen-bond acceptors (Lipinski definition) is 1. The molecule has 96 valence electrons. The Hall–Kier alpha value is -1.25. The molecule has 2 N–H and O–H groups in total. The van der Waals surface area contributed by atoms with E-state index in [0.717, 1.165) is 23.4 Å². The van der Waals surface area contributed by atoms with E-state index in [1.807, 2.05) is 30.5 Å². The van der Waals surface area contributed by atoms with Crippen molar-refractivity contribution >= 4 is 11.6 Å². The lowest BCUT2D eigenvalue weighted by atomic mass is 10.0. The fraction of sp³-hybridized carbons (Fsp3) is 0.333. The van der Waals surface area contributed by atoms with Crippen molar-refractivity contribution in [1.82, 2.24) is 4.98 Å². The predicted octanol–water partition coefficient (Wildman–Crippen LogP) is 4.21. The first-order valence-corrected chi connectivity index (χ1v) is 6.63. The summed E-state index contributed by atoms with van der Waals surface area (Å²) in [5.74, 6) is 0.443. The van der Waals surface area contributed by atoms with Gasteiger partial charge in [-0.05, 0) is 48.1 Å². The summed E-state index contributed by atoms with van der Waals surface area (Å²) in [6.45, 7) is 2.43. The van der Waals surface area contributed by atoms with E-state index >= 15 is 0 Å². The molecule has 18 heavy (non-hydrogen) atoms. The van der Waals surface area contributed by atoms with Crippen LogP contribution in [0, 0.1) is 0 Å². The lowest BCUT2D eigenvalue weighted by molar-refractivity contribution is 0.280. The summed E-state index contributed by atoms with van der Waals surface area (Å²) in [5.41, 5.74) is 3.56. The molecule has 1 atom stereocenters. The van der Waals surface area contributed by atoms with Crippen LogP contribution in [0.5, 0.6) is 0 Å². The molecular weight excluding hydrogens is 246 g/mol. The Morgan fingerprint density at radius 2 is 1.94 bits per heavy atom. The second kappa shape index (κ2) is 6.07. The molecule has 2 rings (SSSR count). The van der Waals surface area contributed by atoms with Crippen molar-refractivity contribution in [3.8, 4) is 11.1 Å². The SMILES string of the molecule is CC(CCCO)c1cc(-c2ccc(Cl)cc2)c[nH]1. The first kappa shape index (κ1) is 13.2. The molecule has 1 aromatic carbocycles. The lowest BCUT2D eigenvalue weighted by Crippen LogP contribution is -1.95. The summed E-state index contributed by atoms with van der Waals surface area (Å²) < 4.78 is 0. The van der Waals surface area contributed by atoms with Crippen molar-refractivity contribution in [2.24, 2.45) is 0 Å². The van der Waals surface area contributed by atoms with Crippen molar-refractivity contribution in [2.75, 3.05) is 6.61 Å². The summed E-state index contributed by atoms with van der Waals surface area (Å²) in [7, 11) is 0. The van der Waals surface area contributed by atoms with Gasteiger partial charge in [-0.1, -0.05) is 30.7 Å². The summed E-state index contributed by atoms with van der Waals surface area (Å²) in [6, 6.07) is 10.0. The summed E-state index contributed by atoms with van der Waals surface area (Å²) in [4.78, 5) is 3.31. The minimum atomic E-state index is 0.259. The zero-order valence-electron chi connectivity index (χ0n) is 10.5. The lowest BCUT2D eigenvalue weighted by Gasteiger charge is -2.07. The maximum atomic E-state index is 8.85. The van der Waals surface area contributed by atoms with Crippen molar-refractivity contribution in [1.29, 1.82) is 0 Å². The highest BCUT2D eigenvalue weighted by Gasteiger charge is 2.08. The zero-order valence-corrected chi connectivity index (χ0v) is 11.2. The Bertz CT molecular complexity index is 489. The number of rotatable bonds is 5. The molecule has 0 bridgehead atoms. The minimum Gasteiger partial charge on any atom is -0.396 e. The van der Waals surface area contributed by atoms with Crippen LogP contribution in [0.15, 0.2) is 36.5 Å². The quantitative estimate of drug-likeness (QED) is 0.833. The maximum Gasteiger partial charge on any atom is 0.0431 e. The van der Waals surface area contributed by atoms with Gasteiger partial charge in [0.15, 0.2) is 0 Å². The van der Waals surface area contributed by atoms with Crippen LogP contribution in [0.3, 0.4) is 0 Å². The molecule has 3 heteroatoms. The van der Waals surface area contributed by atoms with Gasteiger partial charge in [0, 0.05) is 23.5 Å². The van der Waals surface area contributed by atoms with E-state index in [-0.39, 0.29) is 6.61 Å². The molecule has 1 aromatic heterocycles. The van der Waals surface area contributed by atoms with Gasteiger partial charge in [-0.25, -0.2) is 0 Å². The van der Waals surface area contributed by atoms with Gasteiger partial charge >= 0.3 is 0 Å².